The van der Waals surface area contributed by atoms with Crippen molar-refractivity contribution in [3.8, 4) is 0 Å². The Morgan fingerprint density at radius 2 is 1.87 bits per heavy atom. The normalized spacial score (nSPS) is 20.5. The van der Waals surface area contributed by atoms with Crippen molar-refractivity contribution in [2.45, 2.75) is 50.7 Å². The zero-order valence-corrected chi connectivity index (χ0v) is 13.1. The van der Waals surface area contributed by atoms with E-state index in [4.69, 9.17) is 0 Å². The molecule has 2 aliphatic rings. The molecule has 0 bridgehead atoms. The van der Waals surface area contributed by atoms with Crippen LogP contribution in [0.3, 0.4) is 0 Å². The van der Waals surface area contributed by atoms with Crippen LogP contribution in [-0.2, 0) is 0 Å². The molecule has 122 valence electrons. The molecule has 4 rings (SSSR count). The number of hydrogen-bond acceptors (Lipinski definition) is 3. The molecule has 0 aromatic carbocycles. The molecule has 23 heavy (non-hydrogen) atoms. The summed E-state index contributed by atoms with van der Waals surface area (Å²) in [6.07, 6.45) is 8.42. The van der Waals surface area contributed by atoms with Crippen LogP contribution in [0.15, 0.2) is 18.6 Å². The van der Waals surface area contributed by atoms with E-state index in [9.17, 15) is 9.18 Å². The highest BCUT2D eigenvalue weighted by atomic mass is 19.1. The third-order valence-corrected chi connectivity index (χ3v) is 5.09. The van der Waals surface area contributed by atoms with Gasteiger partial charge in [0.2, 0.25) is 0 Å². The SMILES string of the molecule is O=C(c1cnc2c(c1)ncn2C1CCCC1)N1CCC(F)CC1. The van der Waals surface area contributed by atoms with Gasteiger partial charge in [-0.2, -0.15) is 0 Å². The molecular formula is C17H21FN4O. The van der Waals surface area contributed by atoms with Gasteiger partial charge in [0.1, 0.15) is 11.7 Å². The van der Waals surface area contributed by atoms with Gasteiger partial charge in [-0.1, -0.05) is 12.8 Å². The molecule has 3 heterocycles. The van der Waals surface area contributed by atoms with Gasteiger partial charge < -0.3 is 9.47 Å². The number of amides is 1. The number of piperidine rings is 1. The number of carbonyl (C=O) groups is 1. The molecular weight excluding hydrogens is 295 g/mol. The Morgan fingerprint density at radius 3 is 2.61 bits per heavy atom. The quantitative estimate of drug-likeness (QED) is 0.855. The highest BCUT2D eigenvalue weighted by Gasteiger charge is 2.24. The minimum absolute atomic E-state index is 0.0679. The van der Waals surface area contributed by atoms with E-state index >= 15 is 0 Å². The smallest absolute Gasteiger partial charge is 0.255 e. The predicted octanol–water partition coefficient (Wildman–Crippen LogP) is 3.12. The summed E-state index contributed by atoms with van der Waals surface area (Å²) in [4.78, 5) is 23.2. The molecule has 0 spiro atoms. The molecule has 1 aliphatic heterocycles. The highest BCUT2D eigenvalue weighted by molar-refractivity contribution is 5.96. The lowest BCUT2D eigenvalue weighted by molar-refractivity contribution is 0.0666. The fourth-order valence-electron chi connectivity index (χ4n) is 3.72. The number of imidazole rings is 1. The summed E-state index contributed by atoms with van der Waals surface area (Å²) in [5.74, 6) is -0.0679. The molecule has 6 heteroatoms. The number of fused-ring (bicyclic) bond motifs is 1. The minimum Gasteiger partial charge on any atom is -0.338 e. The number of hydrogen-bond donors (Lipinski definition) is 0. The van der Waals surface area contributed by atoms with Gasteiger partial charge in [-0.05, 0) is 31.7 Å². The molecule has 0 unspecified atom stereocenters. The highest BCUT2D eigenvalue weighted by Crippen LogP contribution is 2.31. The number of rotatable bonds is 2. The van der Waals surface area contributed by atoms with Crippen LogP contribution < -0.4 is 0 Å². The Labute approximate surface area is 134 Å². The lowest BCUT2D eigenvalue weighted by atomic mass is 10.1. The number of carbonyl (C=O) groups excluding carboxylic acids is 1. The second kappa shape index (κ2) is 5.91. The Balaban J connectivity index is 1.58. The van der Waals surface area contributed by atoms with E-state index in [0.717, 1.165) is 11.2 Å². The van der Waals surface area contributed by atoms with Crippen LogP contribution in [0.25, 0.3) is 11.2 Å². The maximum atomic E-state index is 13.2. The Kier molecular flexibility index (Phi) is 3.75. The number of alkyl halides is 1. The van der Waals surface area contributed by atoms with Gasteiger partial charge in [-0.3, -0.25) is 4.79 Å². The Hall–Kier alpha value is -1.98. The van der Waals surface area contributed by atoms with Gasteiger partial charge in [-0.15, -0.1) is 0 Å². The van der Waals surface area contributed by atoms with E-state index in [1.54, 1.807) is 11.1 Å². The van der Waals surface area contributed by atoms with Crippen LogP contribution in [-0.4, -0.2) is 44.6 Å². The van der Waals surface area contributed by atoms with Gasteiger partial charge in [0, 0.05) is 25.3 Å². The van der Waals surface area contributed by atoms with Crippen LogP contribution >= 0.6 is 0 Å². The van der Waals surface area contributed by atoms with Crippen LogP contribution in [0.2, 0.25) is 0 Å². The average Bonchev–Trinajstić information content (AvgIpc) is 3.23. The van der Waals surface area contributed by atoms with E-state index in [2.05, 4.69) is 14.5 Å². The van der Waals surface area contributed by atoms with E-state index in [0.29, 0.717) is 37.5 Å². The van der Waals surface area contributed by atoms with Crippen molar-refractivity contribution in [2.75, 3.05) is 13.1 Å². The number of aromatic nitrogens is 3. The largest absolute Gasteiger partial charge is 0.338 e. The summed E-state index contributed by atoms with van der Waals surface area (Å²) in [6, 6.07) is 2.30. The lowest BCUT2D eigenvalue weighted by Gasteiger charge is -2.28. The summed E-state index contributed by atoms with van der Waals surface area (Å²) >= 11 is 0. The molecule has 2 fully saturated rings. The Morgan fingerprint density at radius 1 is 1.13 bits per heavy atom. The van der Waals surface area contributed by atoms with Crippen molar-refractivity contribution in [1.82, 2.24) is 19.4 Å². The maximum absolute atomic E-state index is 13.2. The lowest BCUT2D eigenvalue weighted by Crippen LogP contribution is -2.39. The fraction of sp³-hybridized carbons (Fsp3) is 0.588. The zero-order valence-electron chi connectivity index (χ0n) is 13.1. The molecule has 0 radical (unpaired) electrons. The molecule has 0 N–H and O–H groups in total. The number of likely N-dealkylation sites (tertiary alicyclic amines) is 1. The van der Waals surface area contributed by atoms with Crippen LogP contribution in [0.1, 0.15) is 54.9 Å². The summed E-state index contributed by atoms with van der Waals surface area (Å²) in [6.45, 7) is 0.961. The van der Waals surface area contributed by atoms with Crippen molar-refractivity contribution in [1.29, 1.82) is 0 Å². The molecule has 0 atom stereocenters. The van der Waals surface area contributed by atoms with Gasteiger partial charge >= 0.3 is 0 Å². The second-order valence-corrected chi connectivity index (χ2v) is 6.62. The van der Waals surface area contributed by atoms with Gasteiger partial charge in [-0.25, -0.2) is 14.4 Å². The molecule has 2 aromatic heterocycles. The fourth-order valence-corrected chi connectivity index (χ4v) is 3.72. The monoisotopic (exact) mass is 316 g/mol. The number of nitrogens with zero attached hydrogens (tertiary/aromatic N) is 4. The molecule has 1 saturated carbocycles. The van der Waals surface area contributed by atoms with Gasteiger partial charge in [0.25, 0.3) is 5.91 Å². The van der Waals surface area contributed by atoms with E-state index in [1.807, 2.05) is 12.4 Å². The average molecular weight is 316 g/mol. The zero-order chi connectivity index (χ0) is 15.8. The second-order valence-electron chi connectivity index (χ2n) is 6.62. The topological polar surface area (TPSA) is 51.0 Å². The van der Waals surface area contributed by atoms with Crippen molar-refractivity contribution in [2.24, 2.45) is 0 Å². The van der Waals surface area contributed by atoms with Crippen LogP contribution in [0.4, 0.5) is 4.39 Å². The Bertz CT molecular complexity index is 714. The third-order valence-electron chi connectivity index (χ3n) is 5.09. The van der Waals surface area contributed by atoms with Gasteiger partial charge in [0.15, 0.2) is 5.65 Å². The van der Waals surface area contributed by atoms with Crippen molar-refractivity contribution < 1.29 is 9.18 Å². The molecule has 5 nitrogen and oxygen atoms in total. The summed E-state index contributed by atoms with van der Waals surface area (Å²) in [7, 11) is 0. The van der Waals surface area contributed by atoms with Crippen LogP contribution in [0, 0.1) is 0 Å². The predicted molar refractivity (Wildman–Crippen MR) is 85.1 cm³/mol. The minimum atomic E-state index is -0.776. The van der Waals surface area contributed by atoms with Crippen molar-refractivity contribution in [3.63, 3.8) is 0 Å². The van der Waals surface area contributed by atoms with E-state index in [-0.39, 0.29) is 5.91 Å². The van der Waals surface area contributed by atoms with Crippen molar-refractivity contribution in [3.05, 3.63) is 24.2 Å². The summed E-state index contributed by atoms with van der Waals surface area (Å²) in [5, 5.41) is 0. The van der Waals surface area contributed by atoms with E-state index < -0.39 is 6.17 Å². The summed E-state index contributed by atoms with van der Waals surface area (Å²) in [5.41, 5.74) is 2.17. The summed E-state index contributed by atoms with van der Waals surface area (Å²) < 4.78 is 15.4. The number of halogens is 1. The first-order valence-corrected chi connectivity index (χ1v) is 8.48. The number of pyridine rings is 1. The molecule has 1 saturated heterocycles. The van der Waals surface area contributed by atoms with E-state index in [1.165, 1.54) is 25.7 Å². The molecule has 2 aromatic rings. The third kappa shape index (κ3) is 2.71. The van der Waals surface area contributed by atoms with Gasteiger partial charge in [0.05, 0.1) is 11.9 Å². The molecule has 1 amide bonds. The van der Waals surface area contributed by atoms with Crippen molar-refractivity contribution >= 4 is 17.1 Å². The van der Waals surface area contributed by atoms with Crippen LogP contribution in [0.5, 0.6) is 0 Å². The molecule has 1 aliphatic carbocycles. The first-order valence-electron chi connectivity index (χ1n) is 8.48. The first-order chi connectivity index (χ1) is 11.2. The maximum Gasteiger partial charge on any atom is 0.255 e. The first kappa shape index (κ1) is 14.6. The standard InChI is InChI=1S/C17H21FN4O/c18-13-5-7-21(8-6-13)17(23)12-9-15-16(19-10-12)22(11-20-15)14-3-1-2-4-14/h9-11,13-14H,1-8H2.